The minimum Gasteiger partial charge on any atom is -0.391 e. The molecule has 1 saturated heterocycles. The molecule has 116 valence electrons. The lowest BCUT2D eigenvalue weighted by atomic mass is 10.3. The highest BCUT2D eigenvalue weighted by Crippen LogP contribution is 2.25. The van der Waals surface area contributed by atoms with Crippen LogP contribution >= 0.6 is 0 Å². The van der Waals surface area contributed by atoms with E-state index in [1.54, 1.807) is 24.3 Å². The van der Waals surface area contributed by atoms with E-state index in [-0.39, 0.29) is 0 Å². The Morgan fingerprint density at radius 1 is 0.909 bits per heavy atom. The second-order valence-electron chi connectivity index (χ2n) is 5.50. The van der Waals surface area contributed by atoms with E-state index in [2.05, 4.69) is 0 Å². The van der Waals surface area contributed by atoms with Crippen LogP contribution in [-0.4, -0.2) is 33.6 Å². The quantitative estimate of drug-likeness (QED) is 0.820. The van der Waals surface area contributed by atoms with Crippen LogP contribution in [0.25, 0.3) is 0 Å². The molecule has 2 aromatic rings. The Kier molecular flexibility index (Phi) is 4.58. The highest BCUT2D eigenvalue weighted by atomic mass is 28.5. The van der Waals surface area contributed by atoms with Crippen molar-refractivity contribution in [3.8, 4) is 0 Å². The fraction of sp³-hybridized carbons (Fsp3) is 0.250. The molecule has 1 atom stereocenters. The van der Waals surface area contributed by atoms with Gasteiger partial charge >= 0.3 is 17.4 Å². The molecule has 0 amide bonds. The van der Waals surface area contributed by atoms with E-state index < -0.39 is 17.4 Å². The number of rotatable bonds is 4. The van der Waals surface area contributed by atoms with E-state index >= 15 is 0 Å². The van der Waals surface area contributed by atoms with Crippen molar-refractivity contribution < 1.29 is 18.1 Å². The Bertz CT molecular complexity index is 598. The molecule has 1 aliphatic rings. The van der Waals surface area contributed by atoms with Gasteiger partial charge in [-0.2, -0.15) is 0 Å². The summed E-state index contributed by atoms with van der Waals surface area (Å²) in [5.74, 6) is 0. The van der Waals surface area contributed by atoms with Crippen LogP contribution in [0.3, 0.4) is 0 Å². The molecule has 1 heterocycles. The van der Waals surface area contributed by atoms with Crippen molar-refractivity contribution in [1.29, 1.82) is 0 Å². The molecular weight excluding hydrogens is 312 g/mol. The van der Waals surface area contributed by atoms with Gasteiger partial charge in [-0.1, -0.05) is 60.7 Å². The first-order valence-electron chi connectivity index (χ1n) is 7.52. The van der Waals surface area contributed by atoms with Gasteiger partial charge in [0.05, 0.1) is 0 Å². The van der Waals surface area contributed by atoms with Crippen LogP contribution in [0.2, 0.25) is 6.04 Å². The zero-order valence-electron chi connectivity index (χ0n) is 12.3. The van der Waals surface area contributed by atoms with E-state index in [1.165, 1.54) is 0 Å². The summed E-state index contributed by atoms with van der Waals surface area (Å²) in [7, 11) is -6.80. The Morgan fingerprint density at radius 2 is 1.55 bits per heavy atom. The maximum Gasteiger partial charge on any atom is 0.523 e. The molecule has 0 aliphatic carbocycles. The van der Waals surface area contributed by atoms with Crippen LogP contribution in [0.15, 0.2) is 60.7 Å². The zero-order chi connectivity index (χ0) is 15.5. The second-order valence-corrected chi connectivity index (χ2v) is 11.0. The van der Waals surface area contributed by atoms with Gasteiger partial charge in [-0.25, -0.2) is 0 Å². The highest BCUT2D eigenvalue weighted by molar-refractivity contribution is 6.90. The van der Waals surface area contributed by atoms with E-state index in [1.807, 2.05) is 36.4 Å². The van der Waals surface area contributed by atoms with Gasteiger partial charge in [-0.05, 0) is 24.1 Å². The second kappa shape index (κ2) is 6.45. The maximum absolute atomic E-state index is 10.6. The van der Waals surface area contributed by atoms with Crippen LogP contribution in [-0.2, 0) is 8.54 Å². The van der Waals surface area contributed by atoms with Crippen molar-refractivity contribution in [2.45, 2.75) is 18.9 Å². The van der Waals surface area contributed by atoms with Gasteiger partial charge in [-0.3, -0.25) is 0 Å². The molecule has 0 bridgehead atoms. The maximum atomic E-state index is 10.6. The first-order chi connectivity index (χ1) is 10.6. The highest BCUT2D eigenvalue weighted by Gasteiger charge is 2.51. The van der Waals surface area contributed by atoms with Crippen LogP contribution in [0.5, 0.6) is 0 Å². The summed E-state index contributed by atoms with van der Waals surface area (Å²) in [4.78, 5) is 21.2. The molecule has 1 fully saturated rings. The monoisotopic (exact) mass is 332 g/mol. The van der Waals surface area contributed by atoms with E-state index in [0.717, 1.165) is 24.1 Å². The minimum absolute atomic E-state index is 0.451. The number of hydrogen-bond donors (Lipinski definition) is 2. The van der Waals surface area contributed by atoms with Gasteiger partial charge in [0.15, 0.2) is 0 Å². The lowest BCUT2D eigenvalue weighted by Gasteiger charge is -2.38. The van der Waals surface area contributed by atoms with Crippen LogP contribution < -0.4 is 10.4 Å². The molecule has 0 aromatic heterocycles. The summed E-state index contributed by atoms with van der Waals surface area (Å²) in [6.45, 7) is 0.611. The summed E-state index contributed by atoms with van der Waals surface area (Å²) in [6.07, 6.45) is 1.97. The predicted octanol–water partition coefficient (Wildman–Crippen LogP) is 0.993. The molecule has 1 aliphatic heterocycles. The molecule has 3 rings (SSSR count). The third-order valence-corrected chi connectivity index (χ3v) is 10.3. The van der Waals surface area contributed by atoms with E-state index in [0.29, 0.717) is 11.8 Å². The average Bonchev–Trinajstić information content (AvgIpc) is 2.57. The molecule has 0 radical (unpaired) electrons. The fourth-order valence-electron chi connectivity index (χ4n) is 2.77. The number of benzene rings is 2. The van der Waals surface area contributed by atoms with Gasteiger partial charge in [0.1, 0.15) is 0 Å². The minimum atomic E-state index is -3.99. The molecule has 6 heteroatoms. The topological polar surface area (TPSA) is 58.9 Å². The Labute approximate surface area is 132 Å². The van der Waals surface area contributed by atoms with Crippen LogP contribution in [0.4, 0.5) is 0 Å². The first kappa shape index (κ1) is 15.6. The van der Waals surface area contributed by atoms with Crippen molar-refractivity contribution in [3.63, 3.8) is 0 Å². The lowest BCUT2D eigenvalue weighted by Crippen LogP contribution is -2.66. The largest absolute Gasteiger partial charge is 0.523 e. The van der Waals surface area contributed by atoms with Gasteiger partial charge < -0.3 is 18.1 Å². The third-order valence-electron chi connectivity index (χ3n) is 3.91. The molecule has 2 aromatic carbocycles. The van der Waals surface area contributed by atoms with Crippen LogP contribution in [0.1, 0.15) is 12.8 Å². The smallest absolute Gasteiger partial charge is 0.391 e. The van der Waals surface area contributed by atoms with Crippen molar-refractivity contribution in [2.24, 2.45) is 0 Å². The lowest BCUT2D eigenvalue weighted by molar-refractivity contribution is 0.173. The van der Waals surface area contributed by atoms with E-state index in [9.17, 15) is 9.59 Å². The SMILES string of the molecule is O[Si](O)(O[Si]1(c2ccccc2)CCCCO1)c1ccccc1. The Hall–Kier alpha value is -1.29. The summed E-state index contributed by atoms with van der Waals surface area (Å²) in [5.41, 5.74) is 0. The van der Waals surface area contributed by atoms with Crippen molar-refractivity contribution >= 4 is 27.7 Å². The summed E-state index contributed by atoms with van der Waals surface area (Å²) >= 11 is 0. The molecular formula is C16H20O4Si2. The molecule has 4 nitrogen and oxygen atoms in total. The number of hydrogen-bond acceptors (Lipinski definition) is 4. The summed E-state index contributed by atoms with van der Waals surface area (Å²) < 4.78 is 12.0. The molecule has 0 spiro atoms. The Morgan fingerprint density at radius 3 is 2.14 bits per heavy atom. The standard InChI is InChI=1S/C16H20O4Si2/c17-22(18,16-11-5-2-6-12-16)20-21(14-8-7-13-19-21)15-9-3-1-4-10-15/h1-6,9-12,17-18H,7-8,13-14H2. The van der Waals surface area contributed by atoms with Gasteiger partial charge in [0.25, 0.3) is 0 Å². The van der Waals surface area contributed by atoms with Crippen LogP contribution in [0, 0.1) is 0 Å². The summed E-state index contributed by atoms with van der Waals surface area (Å²) in [6, 6.07) is 19.3. The normalized spacial score (nSPS) is 22.5. The fourth-order valence-corrected chi connectivity index (χ4v) is 9.31. The van der Waals surface area contributed by atoms with Crippen molar-refractivity contribution in [2.75, 3.05) is 6.61 Å². The zero-order valence-corrected chi connectivity index (χ0v) is 14.3. The third kappa shape index (κ3) is 3.22. The van der Waals surface area contributed by atoms with Gasteiger partial charge in [0, 0.05) is 11.8 Å². The van der Waals surface area contributed by atoms with Crippen molar-refractivity contribution in [1.82, 2.24) is 0 Å². The van der Waals surface area contributed by atoms with Crippen molar-refractivity contribution in [3.05, 3.63) is 60.7 Å². The summed E-state index contributed by atoms with van der Waals surface area (Å²) in [5, 5.41) is 1.41. The van der Waals surface area contributed by atoms with E-state index in [4.69, 9.17) is 8.54 Å². The molecule has 2 N–H and O–H groups in total. The van der Waals surface area contributed by atoms with Gasteiger partial charge in [-0.15, -0.1) is 0 Å². The average molecular weight is 333 g/mol. The first-order valence-corrected chi connectivity index (χ1v) is 11.3. The molecule has 0 saturated carbocycles. The van der Waals surface area contributed by atoms with Gasteiger partial charge in [0.2, 0.25) is 0 Å². The Balaban J connectivity index is 1.94. The molecule has 1 unspecified atom stereocenters. The molecule has 22 heavy (non-hydrogen) atoms. The predicted molar refractivity (Wildman–Crippen MR) is 89.2 cm³/mol.